The standard InChI is InChI=1S/C17H19ClF3N5O2/c1-10(13-9-25(2)5-6-28-13)24-12-8-23-26(16(27)15(12)18)14-4-3-11(7-22-14)17(19,20)21/h3-4,7-8,10,13,24H,5-6,9H2,1-2H3. The van der Waals surface area contributed by atoms with Crippen molar-refractivity contribution in [3.8, 4) is 5.82 Å². The molecule has 7 nitrogen and oxygen atoms in total. The van der Waals surface area contributed by atoms with Crippen molar-refractivity contribution in [1.29, 1.82) is 0 Å². The maximum atomic E-state index is 12.7. The summed E-state index contributed by atoms with van der Waals surface area (Å²) in [5.41, 5.74) is -1.29. The maximum absolute atomic E-state index is 12.7. The number of aromatic nitrogens is 3. The van der Waals surface area contributed by atoms with Gasteiger partial charge in [-0.3, -0.25) is 4.79 Å². The zero-order valence-electron chi connectivity index (χ0n) is 15.2. The summed E-state index contributed by atoms with van der Waals surface area (Å²) in [7, 11) is 2.00. The molecule has 3 heterocycles. The van der Waals surface area contributed by atoms with E-state index in [9.17, 15) is 18.0 Å². The summed E-state index contributed by atoms with van der Waals surface area (Å²) in [6.07, 6.45) is -2.62. The normalized spacial score (nSPS) is 19.4. The lowest BCUT2D eigenvalue weighted by molar-refractivity contribution is -0.137. The number of ether oxygens (including phenoxy) is 1. The topological polar surface area (TPSA) is 72.3 Å². The summed E-state index contributed by atoms with van der Waals surface area (Å²) in [5.74, 6) is -0.0586. The molecule has 0 aliphatic carbocycles. The highest BCUT2D eigenvalue weighted by molar-refractivity contribution is 6.32. The van der Waals surface area contributed by atoms with Gasteiger partial charge in [0.1, 0.15) is 5.02 Å². The van der Waals surface area contributed by atoms with Gasteiger partial charge in [0.25, 0.3) is 5.56 Å². The van der Waals surface area contributed by atoms with Crippen LogP contribution in [0, 0.1) is 0 Å². The second-order valence-electron chi connectivity index (χ2n) is 6.60. The van der Waals surface area contributed by atoms with Crippen molar-refractivity contribution in [3.63, 3.8) is 0 Å². The predicted octanol–water partition coefficient (Wildman–Crippen LogP) is 2.43. The first-order valence-corrected chi connectivity index (χ1v) is 8.92. The van der Waals surface area contributed by atoms with E-state index < -0.39 is 17.3 Å². The van der Waals surface area contributed by atoms with Gasteiger partial charge in [-0.15, -0.1) is 0 Å². The third kappa shape index (κ3) is 4.45. The van der Waals surface area contributed by atoms with Gasteiger partial charge < -0.3 is 15.0 Å². The molecule has 11 heteroatoms. The molecule has 3 rings (SSSR count). The van der Waals surface area contributed by atoms with Gasteiger partial charge in [0.2, 0.25) is 0 Å². The summed E-state index contributed by atoms with van der Waals surface area (Å²) >= 11 is 6.17. The predicted molar refractivity (Wildman–Crippen MR) is 98.0 cm³/mol. The number of hydrogen-bond acceptors (Lipinski definition) is 6. The Kier molecular flexibility index (Phi) is 5.92. The van der Waals surface area contributed by atoms with Crippen LogP contribution in [-0.4, -0.2) is 58.6 Å². The fraction of sp³-hybridized carbons (Fsp3) is 0.471. The molecule has 1 saturated heterocycles. The lowest BCUT2D eigenvalue weighted by Crippen LogP contribution is -2.47. The van der Waals surface area contributed by atoms with E-state index in [0.29, 0.717) is 18.5 Å². The quantitative estimate of drug-likeness (QED) is 0.823. The van der Waals surface area contributed by atoms with E-state index in [1.807, 2.05) is 14.0 Å². The first-order chi connectivity index (χ1) is 13.2. The molecule has 2 aromatic rings. The summed E-state index contributed by atoms with van der Waals surface area (Å²) in [5, 5.41) is 6.97. The first-order valence-electron chi connectivity index (χ1n) is 8.55. The molecule has 0 aromatic carbocycles. The minimum atomic E-state index is -4.51. The van der Waals surface area contributed by atoms with Crippen LogP contribution in [-0.2, 0) is 10.9 Å². The average molecular weight is 418 g/mol. The van der Waals surface area contributed by atoms with Crippen LogP contribution in [0.5, 0.6) is 0 Å². The van der Waals surface area contributed by atoms with Crippen molar-refractivity contribution in [2.24, 2.45) is 0 Å². The number of rotatable bonds is 4. The number of anilines is 1. The SMILES string of the molecule is CC(Nc1cnn(-c2ccc(C(F)(F)F)cn2)c(=O)c1Cl)C1CN(C)CCO1. The molecular weight excluding hydrogens is 399 g/mol. The van der Waals surface area contributed by atoms with Gasteiger partial charge >= 0.3 is 6.18 Å². The Bertz CT molecular complexity index is 888. The van der Waals surface area contributed by atoms with Crippen LogP contribution >= 0.6 is 11.6 Å². The van der Waals surface area contributed by atoms with E-state index in [1.54, 1.807) is 0 Å². The van der Waals surface area contributed by atoms with Crippen molar-refractivity contribution in [1.82, 2.24) is 19.7 Å². The maximum Gasteiger partial charge on any atom is 0.417 e. The number of alkyl halides is 3. The van der Waals surface area contributed by atoms with Gasteiger partial charge in [0.05, 0.1) is 36.2 Å². The van der Waals surface area contributed by atoms with Crippen LogP contribution in [0.1, 0.15) is 12.5 Å². The second kappa shape index (κ2) is 8.06. The highest BCUT2D eigenvalue weighted by Gasteiger charge is 2.31. The Morgan fingerprint density at radius 1 is 1.36 bits per heavy atom. The first kappa shape index (κ1) is 20.6. The molecule has 0 spiro atoms. The number of nitrogens with one attached hydrogen (secondary N) is 1. The molecule has 1 aliphatic rings. The van der Waals surface area contributed by atoms with E-state index in [0.717, 1.165) is 29.9 Å². The Balaban J connectivity index is 1.80. The van der Waals surface area contributed by atoms with Crippen molar-refractivity contribution in [2.45, 2.75) is 25.2 Å². The molecule has 0 amide bonds. The number of hydrogen-bond donors (Lipinski definition) is 1. The zero-order valence-corrected chi connectivity index (χ0v) is 16.0. The number of pyridine rings is 1. The van der Waals surface area contributed by atoms with Crippen LogP contribution < -0.4 is 10.9 Å². The lowest BCUT2D eigenvalue weighted by atomic mass is 10.1. The minimum absolute atomic E-state index is 0.0586. The molecule has 1 N–H and O–H groups in total. The number of likely N-dealkylation sites (N-methyl/N-ethyl adjacent to an activating group) is 1. The van der Waals surface area contributed by atoms with Crippen LogP contribution in [0.3, 0.4) is 0 Å². The van der Waals surface area contributed by atoms with Crippen LogP contribution in [0.25, 0.3) is 5.82 Å². The van der Waals surface area contributed by atoms with Gasteiger partial charge in [-0.05, 0) is 26.1 Å². The zero-order chi connectivity index (χ0) is 20.5. The second-order valence-corrected chi connectivity index (χ2v) is 6.97. The highest BCUT2D eigenvalue weighted by Crippen LogP contribution is 2.28. The van der Waals surface area contributed by atoms with Gasteiger partial charge in [0, 0.05) is 19.3 Å². The molecule has 28 heavy (non-hydrogen) atoms. The number of halogens is 4. The molecule has 152 valence electrons. The summed E-state index contributed by atoms with van der Waals surface area (Å²) < 4.78 is 44.5. The largest absolute Gasteiger partial charge is 0.417 e. The van der Waals surface area contributed by atoms with Gasteiger partial charge in [-0.25, -0.2) is 4.98 Å². The van der Waals surface area contributed by atoms with Crippen LogP contribution in [0.15, 0.2) is 29.3 Å². The molecule has 1 fully saturated rings. The Morgan fingerprint density at radius 2 is 2.11 bits per heavy atom. The fourth-order valence-electron chi connectivity index (χ4n) is 2.83. The van der Waals surface area contributed by atoms with Crippen molar-refractivity contribution < 1.29 is 17.9 Å². The molecule has 2 aromatic heterocycles. The molecular formula is C17H19ClF3N5O2. The van der Waals surface area contributed by atoms with E-state index in [1.165, 1.54) is 6.20 Å². The minimum Gasteiger partial charge on any atom is -0.377 e. The third-order valence-electron chi connectivity index (χ3n) is 4.45. The Labute approximate surface area is 164 Å². The Hall–Kier alpha value is -2.17. The molecule has 0 bridgehead atoms. The molecule has 2 atom stereocenters. The van der Waals surface area contributed by atoms with Gasteiger partial charge in [-0.2, -0.15) is 23.0 Å². The summed E-state index contributed by atoms with van der Waals surface area (Å²) in [6, 6.07) is 1.76. The monoisotopic (exact) mass is 417 g/mol. The summed E-state index contributed by atoms with van der Waals surface area (Å²) in [6.45, 7) is 4.09. The fourth-order valence-corrected chi connectivity index (χ4v) is 3.01. The summed E-state index contributed by atoms with van der Waals surface area (Å²) in [4.78, 5) is 18.3. The Morgan fingerprint density at radius 3 is 2.71 bits per heavy atom. The van der Waals surface area contributed by atoms with Gasteiger partial charge in [0.15, 0.2) is 5.82 Å². The van der Waals surface area contributed by atoms with E-state index in [4.69, 9.17) is 16.3 Å². The van der Waals surface area contributed by atoms with Crippen LogP contribution in [0.4, 0.5) is 18.9 Å². The van der Waals surface area contributed by atoms with Crippen LogP contribution in [0.2, 0.25) is 5.02 Å². The molecule has 0 saturated carbocycles. The highest BCUT2D eigenvalue weighted by atomic mass is 35.5. The lowest BCUT2D eigenvalue weighted by Gasteiger charge is -2.34. The van der Waals surface area contributed by atoms with E-state index in [-0.39, 0.29) is 23.0 Å². The van der Waals surface area contributed by atoms with E-state index >= 15 is 0 Å². The van der Waals surface area contributed by atoms with Crippen molar-refractivity contribution in [3.05, 3.63) is 45.5 Å². The molecule has 1 aliphatic heterocycles. The third-order valence-corrected chi connectivity index (χ3v) is 4.81. The van der Waals surface area contributed by atoms with Gasteiger partial charge in [-0.1, -0.05) is 11.6 Å². The number of nitrogens with zero attached hydrogens (tertiary/aromatic N) is 4. The number of morpholine rings is 1. The smallest absolute Gasteiger partial charge is 0.377 e. The van der Waals surface area contributed by atoms with E-state index in [2.05, 4.69) is 20.3 Å². The molecule has 0 radical (unpaired) electrons. The molecule has 2 unspecified atom stereocenters. The van der Waals surface area contributed by atoms with Crippen molar-refractivity contribution >= 4 is 17.3 Å². The average Bonchev–Trinajstić information content (AvgIpc) is 2.65. The van der Waals surface area contributed by atoms with Crippen molar-refractivity contribution in [2.75, 3.05) is 32.1 Å².